The van der Waals surface area contributed by atoms with Gasteiger partial charge in [0.1, 0.15) is 0 Å². The smallest absolute Gasteiger partial charge is 0.419 e. The third-order valence-corrected chi connectivity index (χ3v) is 4.23. The Bertz CT molecular complexity index is 1290. The Balaban J connectivity index is 0.000000172. The zero-order chi connectivity index (χ0) is 21.8. The van der Waals surface area contributed by atoms with Crippen LogP contribution >= 0.6 is 11.8 Å². The van der Waals surface area contributed by atoms with Gasteiger partial charge in [-0.2, -0.15) is 5.10 Å². The van der Waals surface area contributed by atoms with E-state index in [0.717, 1.165) is 17.1 Å². The largest absolute Gasteiger partial charge is 0.477 e. The summed E-state index contributed by atoms with van der Waals surface area (Å²) in [4.78, 5) is 39.7. The van der Waals surface area contributed by atoms with Crippen molar-refractivity contribution >= 4 is 40.5 Å². The molecular formula is C18H16ClN5O6. The van der Waals surface area contributed by atoms with E-state index in [2.05, 4.69) is 19.7 Å². The number of oxazole rings is 1. The van der Waals surface area contributed by atoms with Crippen LogP contribution in [0.4, 0.5) is 0 Å². The second-order valence-electron chi connectivity index (χ2n) is 5.96. The molecule has 11 nitrogen and oxygen atoms in total. The summed E-state index contributed by atoms with van der Waals surface area (Å²) in [6.07, 6.45) is 1.42. The number of nitrogens with zero attached hydrogens (tertiary/aromatic N) is 4. The summed E-state index contributed by atoms with van der Waals surface area (Å²) >= 11 is 5.39. The number of hydrogen-bond acceptors (Lipinski definition) is 8. The van der Waals surface area contributed by atoms with Crippen LogP contribution in [0.15, 0.2) is 45.7 Å². The highest BCUT2D eigenvalue weighted by Crippen LogP contribution is 2.14. The molecule has 2 N–H and O–H groups in total. The summed E-state index contributed by atoms with van der Waals surface area (Å²) in [6.45, 7) is 0.552. The van der Waals surface area contributed by atoms with Crippen LogP contribution in [0, 0.1) is 0 Å². The van der Waals surface area contributed by atoms with E-state index in [9.17, 15) is 14.4 Å². The van der Waals surface area contributed by atoms with Crippen molar-refractivity contribution in [3.05, 3.63) is 64.0 Å². The highest BCUT2D eigenvalue weighted by Gasteiger charge is 2.17. The number of aromatic nitrogens is 4. The molecule has 1 aromatic carbocycles. The van der Waals surface area contributed by atoms with Gasteiger partial charge in [0, 0.05) is 25.7 Å². The second kappa shape index (κ2) is 8.76. The molecule has 30 heavy (non-hydrogen) atoms. The molecule has 0 saturated heterocycles. The lowest BCUT2D eigenvalue weighted by molar-refractivity contribution is 0.0590. The van der Waals surface area contributed by atoms with Gasteiger partial charge >= 0.3 is 17.7 Å². The first-order chi connectivity index (χ1) is 14.3. The summed E-state index contributed by atoms with van der Waals surface area (Å²) < 4.78 is 12.2. The number of fused-ring (bicyclic) bond motifs is 2. The second-order valence-corrected chi connectivity index (χ2v) is 6.23. The number of aromatic carboxylic acids is 1. The Labute approximate surface area is 173 Å². The van der Waals surface area contributed by atoms with Crippen molar-refractivity contribution in [3.8, 4) is 0 Å². The Hall–Kier alpha value is -3.70. The van der Waals surface area contributed by atoms with E-state index in [0.29, 0.717) is 12.1 Å². The van der Waals surface area contributed by atoms with E-state index in [1.807, 2.05) is 12.1 Å². The number of nitrogens with one attached hydrogen (secondary N) is 1. The molecule has 0 amide bonds. The lowest BCUT2D eigenvalue weighted by Crippen LogP contribution is -2.13. The van der Waals surface area contributed by atoms with E-state index < -0.39 is 11.9 Å². The number of carbonyl (C=O) groups excluding carboxylic acids is 1. The van der Waals surface area contributed by atoms with Crippen molar-refractivity contribution in [2.45, 2.75) is 6.54 Å². The van der Waals surface area contributed by atoms with Gasteiger partial charge in [-0.15, -0.1) is 0 Å². The number of ether oxygens (including phenoxy) is 1. The van der Waals surface area contributed by atoms with Gasteiger partial charge in [-0.3, -0.25) is 4.57 Å². The zero-order valence-corrected chi connectivity index (χ0v) is 16.6. The summed E-state index contributed by atoms with van der Waals surface area (Å²) in [5.41, 5.74) is 2.45. The molecule has 4 aromatic rings. The van der Waals surface area contributed by atoms with Crippen LogP contribution < -0.4 is 10.6 Å². The van der Waals surface area contributed by atoms with Crippen LogP contribution in [0.2, 0.25) is 0 Å². The zero-order valence-electron chi connectivity index (χ0n) is 15.8. The van der Waals surface area contributed by atoms with E-state index in [-0.39, 0.29) is 22.8 Å². The summed E-state index contributed by atoms with van der Waals surface area (Å²) in [5, 5.41) is 12.7. The summed E-state index contributed by atoms with van der Waals surface area (Å²) in [5.74, 6) is -2.23. The molecule has 0 fully saturated rings. The fourth-order valence-electron chi connectivity index (χ4n) is 2.63. The molecule has 3 aromatic heterocycles. The van der Waals surface area contributed by atoms with Gasteiger partial charge in [-0.05, 0) is 29.5 Å². The molecule has 0 aliphatic rings. The average Bonchev–Trinajstić information content (AvgIpc) is 3.32. The number of rotatable bonds is 4. The standard InChI is InChI=1S/C9H9ClN2O2.C9H7N3O4/c1-12-7-4-6(5-11-10)2-3-8(7)14-9(12)13;1-16-9(15)6-4-5(8(13)14)11-7-2-3-10-12(6)7/h2-4,11H,5H2,1H3;2-4H,1H3,(H,13,14). The normalized spacial score (nSPS) is 10.6. The van der Waals surface area contributed by atoms with Crippen LogP contribution in [0.3, 0.4) is 0 Å². The number of methoxy groups -OCH3 is 1. The van der Waals surface area contributed by atoms with Crippen molar-refractivity contribution in [3.63, 3.8) is 0 Å². The predicted molar refractivity (Wildman–Crippen MR) is 105 cm³/mol. The first-order valence-electron chi connectivity index (χ1n) is 8.44. The fourth-order valence-corrected chi connectivity index (χ4v) is 2.79. The maximum atomic E-state index is 11.4. The van der Waals surface area contributed by atoms with Gasteiger partial charge < -0.3 is 14.3 Å². The molecule has 156 valence electrons. The van der Waals surface area contributed by atoms with Gasteiger partial charge in [0.2, 0.25) is 0 Å². The SMILES string of the molecule is COC(=O)c1cc(C(=O)O)nc2ccnn12.Cn1c(=O)oc2ccc(CNCl)cc21. The predicted octanol–water partition coefficient (Wildman–Crippen LogP) is 1.59. The van der Waals surface area contributed by atoms with Crippen LogP contribution in [0.1, 0.15) is 26.5 Å². The third-order valence-electron chi connectivity index (χ3n) is 4.10. The maximum absolute atomic E-state index is 11.4. The molecule has 12 heteroatoms. The fraction of sp³-hybridized carbons (Fsp3) is 0.167. The first-order valence-corrected chi connectivity index (χ1v) is 8.82. The van der Waals surface area contributed by atoms with Crippen LogP contribution in [0.5, 0.6) is 0 Å². The average molecular weight is 434 g/mol. The number of halogens is 1. The molecule has 0 unspecified atom stereocenters. The van der Waals surface area contributed by atoms with Gasteiger partial charge in [0.15, 0.2) is 22.6 Å². The van der Waals surface area contributed by atoms with Crippen molar-refractivity contribution in [1.82, 2.24) is 24.0 Å². The van der Waals surface area contributed by atoms with Crippen LogP contribution in [-0.4, -0.2) is 43.3 Å². The Kier molecular flexibility index (Phi) is 6.14. The van der Waals surface area contributed by atoms with Crippen LogP contribution in [0.25, 0.3) is 16.7 Å². The minimum atomic E-state index is -1.21. The summed E-state index contributed by atoms with van der Waals surface area (Å²) in [7, 11) is 2.88. The minimum absolute atomic E-state index is 0.0231. The minimum Gasteiger partial charge on any atom is -0.477 e. The maximum Gasteiger partial charge on any atom is 0.419 e. The van der Waals surface area contributed by atoms with Gasteiger partial charge in [-0.1, -0.05) is 6.07 Å². The number of carboxylic acid groups (broad SMARTS) is 1. The topological polar surface area (TPSA) is 141 Å². The molecule has 0 atom stereocenters. The summed E-state index contributed by atoms with van der Waals surface area (Å²) in [6, 6.07) is 8.11. The first kappa shape index (κ1) is 21.0. The molecule has 0 bridgehead atoms. The molecule has 0 aliphatic heterocycles. The molecule has 0 aliphatic carbocycles. The van der Waals surface area contributed by atoms with Crippen molar-refractivity contribution in [2.24, 2.45) is 7.05 Å². The van der Waals surface area contributed by atoms with Crippen molar-refractivity contribution < 1.29 is 23.8 Å². The number of aryl methyl sites for hydroxylation is 1. The number of esters is 1. The van der Waals surface area contributed by atoms with Gasteiger partial charge in [0.25, 0.3) is 0 Å². The lowest BCUT2D eigenvalue weighted by Gasteiger charge is -2.03. The van der Waals surface area contributed by atoms with E-state index in [4.69, 9.17) is 21.3 Å². The number of carboxylic acids is 1. The van der Waals surface area contributed by atoms with Gasteiger partial charge in [0.05, 0.1) is 18.8 Å². The number of hydrogen-bond donors (Lipinski definition) is 2. The van der Waals surface area contributed by atoms with E-state index >= 15 is 0 Å². The van der Waals surface area contributed by atoms with Crippen molar-refractivity contribution in [1.29, 1.82) is 0 Å². The number of carbonyl (C=O) groups is 2. The Morgan fingerprint density at radius 2 is 2.07 bits per heavy atom. The molecule has 3 heterocycles. The Morgan fingerprint density at radius 1 is 1.30 bits per heavy atom. The third kappa shape index (κ3) is 4.16. The molecule has 0 radical (unpaired) electrons. The highest BCUT2D eigenvalue weighted by atomic mass is 35.5. The lowest BCUT2D eigenvalue weighted by atomic mass is 10.2. The molecule has 0 saturated carbocycles. The quantitative estimate of drug-likeness (QED) is 0.362. The Morgan fingerprint density at radius 3 is 2.73 bits per heavy atom. The monoisotopic (exact) mass is 433 g/mol. The van der Waals surface area contributed by atoms with Crippen LogP contribution in [-0.2, 0) is 18.3 Å². The van der Waals surface area contributed by atoms with Gasteiger partial charge in [-0.25, -0.2) is 28.7 Å². The molecular weight excluding hydrogens is 418 g/mol. The van der Waals surface area contributed by atoms with E-state index in [1.165, 1.54) is 28.5 Å². The van der Waals surface area contributed by atoms with Crippen molar-refractivity contribution in [2.75, 3.05) is 7.11 Å². The molecule has 4 rings (SSSR count). The van der Waals surface area contributed by atoms with E-state index in [1.54, 1.807) is 13.1 Å². The highest BCUT2D eigenvalue weighted by molar-refractivity contribution is 6.13. The number of benzene rings is 1. The molecule has 0 spiro atoms.